The predicted octanol–water partition coefficient (Wildman–Crippen LogP) is 6.79. The molecule has 77 heavy (non-hydrogen) atoms. The number of piperidine rings is 1. The first-order valence-electron chi connectivity index (χ1n) is 27.8. The summed E-state index contributed by atoms with van der Waals surface area (Å²) >= 11 is 0. The van der Waals surface area contributed by atoms with Crippen LogP contribution >= 0.6 is 0 Å². The molecule has 1 aromatic heterocycles. The zero-order valence-corrected chi connectivity index (χ0v) is 51.0. The third kappa shape index (κ3) is 14.4. The first-order valence-corrected chi connectivity index (χ1v) is 27.8. The maximum Gasteiger partial charge on any atom is 1.00 e. The zero-order chi connectivity index (χ0) is 54.3. The molecule has 416 valence electrons. The predicted molar refractivity (Wildman–Crippen MR) is 302 cm³/mol. The van der Waals surface area contributed by atoms with E-state index in [0.717, 1.165) is 123 Å². The Hall–Kier alpha value is -3.88. The van der Waals surface area contributed by atoms with E-state index in [4.69, 9.17) is 10.6 Å². The third-order valence-electron chi connectivity index (χ3n) is 16.6. The summed E-state index contributed by atoms with van der Waals surface area (Å²) in [7, 11) is 0. The number of nitrogens with two attached hydrogens (primary N) is 1. The second kappa shape index (κ2) is 28.5. The zero-order valence-electron chi connectivity index (χ0n) is 47.9. The number of nitrogens with one attached hydrogen (secondary N) is 2. The molecule has 0 bridgehead atoms. The molecule has 14 nitrogen and oxygen atoms in total. The maximum atomic E-state index is 16.0. The van der Waals surface area contributed by atoms with Gasteiger partial charge in [0, 0.05) is 117 Å². The Bertz CT molecular complexity index is 2670. The van der Waals surface area contributed by atoms with Crippen LogP contribution in [-0.2, 0) is 28.0 Å². The molecule has 0 radical (unpaired) electrons. The number of piperazine rings is 1. The molecule has 4 atom stereocenters. The van der Waals surface area contributed by atoms with Gasteiger partial charge in [0.1, 0.15) is 11.9 Å². The SMILES string of the molecule is CC.CC.O=c1c2c1NCC2.[CH2-]CC(C(N)=O)N1OC(C)C2(CC2)c2cc(CN3CCN(CC4CCN(C(=O)c5cc(C)c(C6=CCN(C(C)/C(C)=C/c7c(NF)ccnc7C)CC6)c(F)c5)CC4)C(C)C3)ccc21.[K+].[OH-]. The van der Waals surface area contributed by atoms with E-state index in [1.54, 1.807) is 22.9 Å². The number of anilines is 3. The van der Waals surface area contributed by atoms with Gasteiger partial charge in [0.05, 0.1) is 23.2 Å². The molecule has 2 saturated heterocycles. The number of nitrogens with zero attached hydrogens (tertiary/aromatic N) is 6. The topological polar surface area (TPSA) is 170 Å². The first-order chi connectivity index (χ1) is 36.1. The van der Waals surface area contributed by atoms with E-state index >= 15 is 4.39 Å². The number of aromatic nitrogens is 1. The minimum Gasteiger partial charge on any atom is -0.870 e. The smallest absolute Gasteiger partial charge is 0.870 e. The summed E-state index contributed by atoms with van der Waals surface area (Å²) in [5.74, 6) is -0.356. The Labute approximate surface area is 499 Å². The number of rotatable bonds is 13. The summed E-state index contributed by atoms with van der Waals surface area (Å²) < 4.78 is 29.4. The Kier molecular flexibility index (Phi) is 23.7. The van der Waals surface area contributed by atoms with Crippen LogP contribution < -0.4 is 78.5 Å². The van der Waals surface area contributed by atoms with Gasteiger partial charge in [-0.1, -0.05) is 57.6 Å². The molecule has 4 unspecified atom stereocenters. The number of hydrogen-bond acceptors (Lipinski definition) is 12. The molecule has 3 aromatic carbocycles. The van der Waals surface area contributed by atoms with Crippen molar-refractivity contribution in [3.63, 3.8) is 0 Å². The summed E-state index contributed by atoms with van der Waals surface area (Å²) in [6.45, 7) is 33.0. The molecular formula is C60H85F2KN9O5-. The van der Waals surface area contributed by atoms with Gasteiger partial charge in [-0.15, -0.1) is 10.9 Å². The molecule has 5 aliphatic heterocycles. The Balaban J connectivity index is 0.000000756. The standard InChI is InChI=1S/C51H67F2N8O3.C5H5NO.2C2H6.K.H2O/c1-8-46(49(54)62)61-47-10-9-39(27-43(47)51(16-17-51)37(7)64-61)30-57-23-24-60(34(4)29-57)31-38-12-19-59(20-13-38)50(63)41-25-33(3)48(44(52)28-41)40-14-21-58(22-15-40)36(6)32(2)26-42-35(5)55-18-11-45(42)56-53;7-5-3-1-2-6-4(3)5;2*1-2;;/h9-11,14,18,25-28,34,36-38,46H,1,8,12-13,15-17,19-24,29-31H2,2-7H3,(H2,54,62)(H,55,56);6H,1-2H2;2*1-2H3;;1H2/q-1;;;;+1;/p-1/b32-26+;;;;;. The van der Waals surface area contributed by atoms with Gasteiger partial charge < -0.3 is 28.4 Å². The summed E-state index contributed by atoms with van der Waals surface area (Å²) in [6, 6.07) is 11.4. The number of hydrogen-bond donors (Lipinski definition) is 3. The van der Waals surface area contributed by atoms with Crippen LogP contribution in [0.25, 0.3) is 11.6 Å². The molecule has 1 saturated carbocycles. The van der Waals surface area contributed by atoms with E-state index in [0.29, 0.717) is 61.2 Å². The van der Waals surface area contributed by atoms with Crippen molar-refractivity contribution < 1.29 is 80.2 Å². The minimum absolute atomic E-state index is 0. The number of likely N-dealkylation sites (tertiary alicyclic amines) is 1. The van der Waals surface area contributed by atoms with Crippen molar-refractivity contribution in [2.75, 3.05) is 74.8 Å². The fourth-order valence-corrected chi connectivity index (χ4v) is 11.8. The largest absolute Gasteiger partial charge is 1.00 e. The van der Waals surface area contributed by atoms with Crippen molar-refractivity contribution in [2.45, 2.75) is 150 Å². The molecule has 5 N–H and O–H groups in total. The van der Waals surface area contributed by atoms with Crippen LogP contribution in [0.4, 0.5) is 25.9 Å². The molecule has 2 amide bonds. The normalized spacial score (nSPS) is 20.9. The summed E-state index contributed by atoms with van der Waals surface area (Å²) in [5.41, 5.74) is 19.0. The van der Waals surface area contributed by atoms with Crippen LogP contribution in [0.5, 0.6) is 0 Å². The average molecular weight is 1090 g/mol. The van der Waals surface area contributed by atoms with Crippen LogP contribution in [0, 0.1) is 32.5 Å². The number of amides is 2. The molecule has 1 spiro atoms. The molecule has 3 fully saturated rings. The van der Waals surface area contributed by atoms with Gasteiger partial charge in [0.15, 0.2) is 0 Å². The Morgan fingerprint density at radius 1 is 1.03 bits per heavy atom. The van der Waals surface area contributed by atoms with Gasteiger partial charge in [-0.25, -0.2) is 15.0 Å². The second-order valence-corrected chi connectivity index (χ2v) is 21.1. The Morgan fingerprint density at radius 3 is 2.30 bits per heavy atom. The number of primary amides is 1. The molecule has 17 heteroatoms. The number of pyridine rings is 1. The molecule has 10 rings (SSSR count). The van der Waals surface area contributed by atoms with E-state index in [9.17, 15) is 18.9 Å². The van der Waals surface area contributed by atoms with E-state index in [2.05, 4.69) is 77.0 Å². The van der Waals surface area contributed by atoms with E-state index in [1.165, 1.54) is 17.2 Å². The number of benzene rings is 2. The molecule has 6 aliphatic rings. The van der Waals surface area contributed by atoms with Crippen LogP contribution in [0.2, 0.25) is 0 Å². The van der Waals surface area contributed by atoms with Crippen molar-refractivity contribution in [3.05, 3.63) is 122 Å². The monoisotopic (exact) mass is 1090 g/mol. The first kappa shape index (κ1) is 63.9. The van der Waals surface area contributed by atoms with Gasteiger partial charge in [-0.2, -0.15) is 0 Å². The number of carbonyl (C=O) groups is 2. The van der Waals surface area contributed by atoms with E-state index in [1.807, 2.05) is 65.5 Å². The van der Waals surface area contributed by atoms with Crippen molar-refractivity contribution in [2.24, 2.45) is 11.7 Å². The fraction of sp³-hybridized carbons (Fsp3) is 0.550. The van der Waals surface area contributed by atoms with E-state index in [-0.39, 0.29) is 91.6 Å². The molecule has 6 heterocycles. The van der Waals surface area contributed by atoms with Crippen molar-refractivity contribution in [3.8, 4) is 0 Å². The van der Waals surface area contributed by atoms with Crippen molar-refractivity contribution in [1.29, 1.82) is 0 Å². The van der Waals surface area contributed by atoms with Crippen LogP contribution in [0.3, 0.4) is 0 Å². The van der Waals surface area contributed by atoms with E-state index < -0.39 is 11.9 Å². The average Bonchev–Trinajstić information content (AvgIpc) is 4.28. The van der Waals surface area contributed by atoms with Gasteiger partial charge in [-0.05, 0) is 133 Å². The second-order valence-electron chi connectivity index (χ2n) is 21.1. The molecule has 1 aliphatic carbocycles. The van der Waals surface area contributed by atoms with Crippen molar-refractivity contribution >= 4 is 40.5 Å². The summed E-state index contributed by atoms with van der Waals surface area (Å²) in [6.07, 6.45) is 11.7. The number of halogens is 2. The van der Waals surface area contributed by atoms with Crippen LogP contribution in [0.15, 0.2) is 59.0 Å². The number of hydroxylamine groups is 1. The quantitative estimate of drug-likeness (QED) is 0.0730. The van der Waals surface area contributed by atoms with Gasteiger partial charge >= 0.3 is 51.4 Å². The number of aryl methyl sites for hydroxylation is 2. The Morgan fingerprint density at radius 2 is 1.74 bits per heavy atom. The number of carbonyl (C=O) groups excluding carboxylic acids is 2. The van der Waals surface area contributed by atoms with Crippen LogP contribution in [0.1, 0.15) is 143 Å². The summed E-state index contributed by atoms with van der Waals surface area (Å²) in [5, 5.41) is 4.69. The number of fused-ring (bicyclic) bond motifs is 3. The minimum atomic E-state index is -0.605. The van der Waals surface area contributed by atoms with Gasteiger partial charge in [0.2, 0.25) is 11.3 Å². The molecule has 4 aromatic rings. The van der Waals surface area contributed by atoms with Crippen LogP contribution in [-0.4, -0.2) is 125 Å². The van der Waals surface area contributed by atoms with Gasteiger partial charge in [0.25, 0.3) is 5.91 Å². The maximum absolute atomic E-state index is 16.0. The summed E-state index contributed by atoms with van der Waals surface area (Å²) in [4.78, 5) is 56.5. The fourth-order valence-electron chi connectivity index (χ4n) is 11.8. The molecular weight excluding hydrogens is 1000 g/mol. The van der Waals surface area contributed by atoms with Gasteiger partial charge in [-0.3, -0.25) is 38.9 Å². The third-order valence-corrected chi connectivity index (χ3v) is 16.6. The van der Waals surface area contributed by atoms with Crippen molar-refractivity contribution in [1.82, 2.24) is 24.6 Å².